The summed E-state index contributed by atoms with van der Waals surface area (Å²) in [5.41, 5.74) is 0. The van der Waals surface area contributed by atoms with Gasteiger partial charge in [-0.05, 0) is 12.8 Å². The van der Waals surface area contributed by atoms with Crippen molar-refractivity contribution in [2.75, 3.05) is 18.1 Å². The lowest BCUT2D eigenvalue weighted by Gasteiger charge is -2.30. The van der Waals surface area contributed by atoms with Crippen LogP contribution in [0.2, 0.25) is 0 Å². The van der Waals surface area contributed by atoms with E-state index in [0.717, 1.165) is 18.9 Å². The van der Waals surface area contributed by atoms with Crippen LogP contribution in [-0.2, 0) is 0 Å². The Kier molecular flexibility index (Phi) is 4.26. The van der Waals surface area contributed by atoms with Gasteiger partial charge in [-0.15, -0.1) is 0 Å². The molecule has 0 aliphatic carbocycles. The Morgan fingerprint density at radius 1 is 1.64 bits per heavy atom. The van der Waals surface area contributed by atoms with E-state index in [1.54, 1.807) is 0 Å². The number of aliphatic hydroxyl groups is 1. The lowest BCUT2D eigenvalue weighted by Crippen LogP contribution is -2.46. The zero-order chi connectivity index (χ0) is 8.10. The van der Waals surface area contributed by atoms with Crippen LogP contribution in [0.15, 0.2) is 0 Å². The van der Waals surface area contributed by atoms with Crippen molar-refractivity contribution < 1.29 is 5.11 Å². The number of nitrogens with one attached hydrogen (secondary N) is 1. The Morgan fingerprint density at radius 2 is 2.36 bits per heavy atom. The van der Waals surface area contributed by atoms with Crippen molar-refractivity contribution in [3.63, 3.8) is 0 Å². The summed E-state index contributed by atoms with van der Waals surface area (Å²) in [4.78, 5) is 0. The predicted octanol–water partition coefficient (Wildman–Crippen LogP) is 0.852. The van der Waals surface area contributed by atoms with Crippen molar-refractivity contribution in [1.29, 1.82) is 0 Å². The van der Waals surface area contributed by atoms with Gasteiger partial charge in [-0.25, -0.2) is 0 Å². The SMILES string of the molecule is CCC(CCO)NC1CSC1. The summed E-state index contributed by atoms with van der Waals surface area (Å²) in [6.45, 7) is 2.48. The van der Waals surface area contributed by atoms with Crippen LogP contribution in [-0.4, -0.2) is 35.3 Å². The molecule has 0 aromatic heterocycles. The van der Waals surface area contributed by atoms with Crippen LogP contribution in [0.3, 0.4) is 0 Å². The molecule has 1 heterocycles. The molecule has 0 bridgehead atoms. The first-order chi connectivity index (χ1) is 5.36. The number of hydrogen-bond acceptors (Lipinski definition) is 3. The van der Waals surface area contributed by atoms with Crippen LogP contribution in [0.25, 0.3) is 0 Å². The molecule has 1 saturated heterocycles. The van der Waals surface area contributed by atoms with E-state index in [1.165, 1.54) is 11.5 Å². The van der Waals surface area contributed by atoms with Gasteiger partial charge in [0, 0.05) is 30.2 Å². The van der Waals surface area contributed by atoms with Crippen LogP contribution >= 0.6 is 11.8 Å². The Morgan fingerprint density at radius 3 is 2.73 bits per heavy atom. The molecule has 66 valence electrons. The van der Waals surface area contributed by atoms with Gasteiger partial charge in [-0.1, -0.05) is 6.92 Å². The minimum Gasteiger partial charge on any atom is -0.396 e. The van der Waals surface area contributed by atoms with Gasteiger partial charge in [0.1, 0.15) is 0 Å². The highest BCUT2D eigenvalue weighted by atomic mass is 32.2. The van der Waals surface area contributed by atoms with E-state index in [9.17, 15) is 0 Å². The summed E-state index contributed by atoms with van der Waals surface area (Å²) in [5.74, 6) is 2.50. The van der Waals surface area contributed by atoms with Crippen molar-refractivity contribution in [3.05, 3.63) is 0 Å². The first-order valence-electron chi connectivity index (χ1n) is 4.31. The Labute approximate surface area is 72.8 Å². The fourth-order valence-electron chi connectivity index (χ4n) is 1.23. The highest BCUT2D eigenvalue weighted by Crippen LogP contribution is 2.18. The highest BCUT2D eigenvalue weighted by molar-refractivity contribution is 8.00. The lowest BCUT2D eigenvalue weighted by atomic mass is 10.1. The van der Waals surface area contributed by atoms with Gasteiger partial charge in [0.25, 0.3) is 0 Å². The van der Waals surface area contributed by atoms with Crippen molar-refractivity contribution in [1.82, 2.24) is 5.32 Å². The largest absolute Gasteiger partial charge is 0.396 e. The molecule has 1 atom stereocenters. The minimum absolute atomic E-state index is 0.311. The van der Waals surface area contributed by atoms with Gasteiger partial charge in [-0.3, -0.25) is 0 Å². The molecule has 1 fully saturated rings. The van der Waals surface area contributed by atoms with Gasteiger partial charge in [-0.2, -0.15) is 11.8 Å². The topological polar surface area (TPSA) is 32.3 Å². The summed E-state index contributed by atoms with van der Waals surface area (Å²) < 4.78 is 0. The maximum atomic E-state index is 8.73. The lowest BCUT2D eigenvalue weighted by molar-refractivity contribution is 0.258. The van der Waals surface area contributed by atoms with Gasteiger partial charge in [0.05, 0.1) is 0 Å². The highest BCUT2D eigenvalue weighted by Gasteiger charge is 2.20. The van der Waals surface area contributed by atoms with Crippen molar-refractivity contribution in [2.24, 2.45) is 0 Å². The number of thioether (sulfide) groups is 1. The standard InChI is InChI=1S/C8H17NOS/c1-2-7(3-4-10)9-8-5-11-6-8/h7-10H,2-6H2,1H3. The molecule has 0 spiro atoms. The molecule has 1 rings (SSSR count). The molecule has 0 aromatic rings. The third kappa shape index (κ3) is 3.01. The van der Waals surface area contributed by atoms with Crippen molar-refractivity contribution in [3.8, 4) is 0 Å². The van der Waals surface area contributed by atoms with E-state index in [0.29, 0.717) is 12.6 Å². The fraction of sp³-hybridized carbons (Fsp3) is 1.00. The van der Waals surface area contributed by atoms with E-state index in [1.807, 2.05) is 11.8 Å². The molecular weight excluding hydrogens is 158 g/mol. The molecular formula is C8H17NOS. The molecule has 3 heteroatoms. The van der Waals surface area contributed by atoms with Gasteiger partial charge in [0.2, 0.25) is 0 Å². The third-order valence-electron chi connectivity index (χ3n) is 2.08. The molecule has 1 unspecified atom stereocenters. The monoisotopic (exact) mass is 175 g/mol. The second-order valence-corrected chi connectivity index (χ2v) is 4.09. The molecule has 1 aliphatic heterocycles. The fourth-order valence-corrected chi connectivity index (χ4v) is 1.89. The van der Waals surface area contributed by atoms with E-state index in [-0.39, 0.29) is 0 Å². The quantitative estimate of drug-likeness (QED) is 0.650. The number of hydrogen-bond donors (Lipinski definition) is 2. The Hall–Kier alpha value is 0.270. The molecule has 1 aliphatic rings. The van der Waals surface area contributed by atoms with E-state index < -0.39 is 0 Å². The number of aliphatic hydroxyl groups excluding tert-OH is 1. The molecule has 2 nitrogen and oxygen atoms in total. The average Bonchev–Trinajstić information content (AvgIpc) is 1.94. The molecule has 0 aromatic carbocycles. The van der Waals surface area contributed by atoms with Gasteiger partial charge < -0.3 is 10.4 Å². The second kappa shape index (κ2) is 5.01. The maximum Gasteiger partial charge on any atom is 0.0445 e. The van der Waals surface area contributed by atoms with Crippen molar-refractivity contribution in [2.45, 2.75) is 31.8 Å². The first-order valence-corrected chi connectivity index (χ1v) is 5.47. The smallest absolute Gasteiger partial charge is 0.0445 e. The molecule has 2 N–H and O–H groups in total. The second-order valence-electron chi connectivity index (χ2n) is 3.02. The maximum absolute atomic E-state index is 8.73. The van der Waals surface area contributed by atoms with Crippen LogP contribution in [0.5, 0.6) is 0 Å². The summed E-state index contributed by atoms with van der Waals surface area (Å²) in [6.07, 6.45) is 2.03. The van der Waals surface area contributed by atoms with Gasteiger partial charge >= 0.3 is 0 Å². The summed E-state index contributed by atoms with van der Waals surface area (Å²) >= 11 is 1.99. The zero-order valence-corrected chi connectivity index (χ0v) is 7.86. The number of rotatable bonds is 5. The summed E-state index contributed by atoms with van der Waals surface area (Å²) in [6, 6.07) is 1.25. The predicted molar refractivity (Wildman–Crippen MR) is 50.0 cm³/mol. The normalized spacial score (nSPS) is 21.3. The van der Waals surface area contributed by atoms with Crippen LogP contribution < -0.4 is 5.32 Å². The van der Waals surface area contributed by atoms with E-state index >= 15 is 0 Å². The van der Waals surface area contributed by atoms with E-state index in [2.05, 4.69) is 12.2 Å². The summed E-state index contributed by atoms with van der Waals surface area (Å²) in [7, 11) is 0. The third-order valence-corrected chi connectivity index (χ3v) is 3.36. The van der Waals surface area contributed by atoms with Crippen LogP contribution in [0.4, 0.5) is 0 Å². The van der Waals surface area contributed by atoms with Gasteiger partial charge in [0.15, 0.2) is 0 Å². The zero-order valence-electron chi connectivity index (χ0n) is 7.05. The summed E-state index contributed by atoms with van der Waals surface area (Å²) in [5, 5.41) is 12.2. The minimum atomic E-state index is 0.311. The van der Waals surface area contributed by atoms with Crippen LogP contribution in [0.1, 0.15) is 19.8 Å². The molecule has 0 amide bonds. The first kappa shape index (κ1) is 9.36. The van der Waals surface area contributed by atoms with E-state index in [4.69, 9.17) is 5.11 Å². The molecule has 11 heavy (non-hydrogen) atoms. The van der Waals surface area contributed by atoms with Crippen molar-refractivity contribution >= 4 is 11.8 Å². The Balaban J connectivity index is 2.08. The van der Waals surface area contributed by atoms with Crippen LogP contribution in [0, 0.1) is 0 Å². The average molecular weight is 175 g/mol. The molecule has 0 radical (unpaired) electrons. The molecule has 0 saturated carbocycles. The Bertz CT molecular complexity index is 106.